The Balaban J connectivity index is 1.75. The molecule has 1 aliphatic heterocycles. The molecular weight excluding hydrogens is 360 g/mol. The van der Waals surface area contributed by atoms with Crippen LogP contribution in [0, 0.1) is 0 Å². The van der Waals surface area contributed by atoms with Gasteiger partial charge in [-0.15, -0.1) is 0 Å². The third-order valence-electron chi connectivity index (χ3n) is 4.60. The van der Waals surface area contributed by atoms with Gasteiger partial charge in [0.1, 0.15) is 0 Å². The van der Waals surface area contributed by atoms with Crippen molar-refractivity contribution in [1.29, 1.82) is 0 Å². The van der Waals surface area contributed by atoms with E-state index in [2.05, 4.69) is 10.2 Å². The Labute approximate surface area is 164 Å². The van der Waals surface area contributed by atoms with Gasteiger partial charge >= 0.3 is 5.97 Å². The van der Waals surface area contributed by atoms with Crippen LogP contribution in [0.5, 0.6) is 11.5 Å². The summed E-state index contributed by atoms with van der Waals surface area (Å²) >= 11 is 0. The van der Waals surface area contributed by atoms with Crippen molar-refractivity contribution in [3.05, 3.63) is 47.5 Å². The molecule has 7 heteroatoms. The van der Waals surface area contributed by atoms with Gasteiger partial charge in [-0.05, 0) is 42.8 Å². The highest BCUT2D eigenvalue weighted by Gasteiger charge is 2.19. The number of nitrogens with zero attached hydrogens (tertiary/aromatic N) is 1. The fourth-order valence-corrected chi connectivity index (χ4v) is 3.20. The molecule has 0 atom stereocenters. The predicted molar refractivity (Wildman–Crippen MR) is 108 cm³/mol. The number of hydrogen-bond donors (Lipinski definition) is 2. The summed E-state index contributed by atoms with van der Waals surface area (Å²) in [5.41, 5.74) is 2.78. The fourth-order valence-electron chi connectivity index (χ4n) is 3.20. The van der Waals surface area contributed by atoms with Gasteiger partial charge in [-0.25, -0.2) is 4.79 Å². The average molecular weight is 386 g/mol. The van der Waals surface area contributed by atoms with Crippen molar-refractivity contribution < 1.29 is 24.1 Å². The highest BCUT2D eigenvalue weighted by molar-refractivity contribution is 5.95. The topological polar surface area (TPSA) is 80.3 Å². The number of benzene rings is 2. The molecule has 0 aromatic heterocycles. The lowest BCUT2D eigenvalue weighted by Gasteiger charge is -2.30. The molecule has 3 rings (SSSR count). The fraction of sp³-hybridized carbons (Fsp3) is 0.381. The van der Waals surface area contributed by atoms with Gasteiger partial charge in [0.05, 0.1) is 38.2 Å². The number of rotatable bonds is 8. The highest BCUT2D eigenvalue weighted by atomic mass is 16.5. The minimum absolute atomic E-state index is 0.289. The minimum Gasteiger partial charge on any atom is -0.493 e. The van der Waals surface area contributed by atoms with Gasteiger partial charge in [0.25, 0.3) is 0 Å². The third kappa shape index (κ3) is 4.67. The molecule has 28 heavy (non-hydrogen) atoms. The number of carboxylic acids is 1. The van der Waals surface area contributed by atoms with Gasteiger partial charge < -0.3 is 29.5 Å². The number of hydrogen-bond acceptors (Lipinski definition) is 6. The van der Waals surface area contributed by atoms with Crippen molar-refractivity contribution in [2.75, 3.05) is 50.2 Å². The summed E-state index contributed by atoms with van der Waals surface area (Å²) in [5.74, 6) is 0.444. The second-order valence-electron chi connectivity index (χ2n) is 6.41. The van der Waals surface area contributed by atoms with Crippen molar-refractivity contribution in [2.24, 2.45) is 0 Å². The molecule has 0 unspecified atom stereocenters. The van der Waals surface area contributed by atoms with E-state index in [0.29, 0.717) is 51.0 Å². The van der Waals surface area contributed by atoms with E-state index in [1.807, 2.05) is 37.3 Å². The number of carboxylic acid groups (broad SMARTS) is 1. The van der Waals surface area contributed by atoms with Crippen LogP contribution < -0.4 is 19.7 Å². The van der Waals surface area contributed by atoms with E-state index in [1.165, 1.54) is 0 Å². The maximum absolute atomic E-state index is 11.8. The van der Waals surface area contributed by atoms with Crippen molar-refractivity contribution in [2.45, 2.75) is 13.5 Å². The van der Waals surface area contributed by atoms with Gasteiger partial charge in [0.15, 0.2) is 11.5 Å². The summed E-state index contributed by atoms with van der Waals surface area (Å²) in [4.78, 5) is 13.8. The molecule has 1 fully saturated rings. The van der Waals surface area contributed by atoms with Gasteiger partial charge in [-0.2, -0.15) is 0 Å². The summed E-state index contributed by atoms with van der Waals surface area (Å²) in [6, 6.07) is 11.2. The Morgan fingerprint density at radius 1 is 1.18 bits per heavy atom. The van der Waals surface area contributed by atoms with E-state index in [1.54, 1.807) is 13.2 Å². The molecule has 7 nitrogen and oxygen atoms in total. The van der Waals surface area contributed by atoms with E-state index < -0.39 is 5.97 Å². The minimum atomic E-state index is -0.937. The van der Waals surface area contributed by atoms with E-state index in [0.717, 1.165) is 16.9 Å². The van der Waals surface area contributed by atoms with Crippen molar-refractivity contribution in [3.8, 4) is 11.5 Å². The zero-order valence-corrected chi connectivity index (χ0v) is 16.2. The molecule has 0 aliphatic carbocycles. The monoisotopic (exact) mass is 386 g/mol. The van der Waals surface area contributed by atoms with E-state index in [9.17, 15) is 9.90 Å². The Kier molecular flexibility index (Phi) is 6.60. The molecule has 0 saturated carbocycles. The number of aromatic carboxylic acids is 1. The number of methoxy groups -OCH3 is 1. The number of morpholine rings is 1. The van der Waals surface area contributed by atoms with Crippen LogP contribution in [0.25, 0.3) is 0 Å². The van der Waals surface area contributed by atoms with Crippen molar-refractivity contribution in [3.63, 3.8) is 0 Å². The predicted octanol–water partition coefficient (Wildman–Crippen LogP) is 3.24. The second-order valence-corrected chi connectivity index (χ2v) is 6.41. The molecule has 0 radical (unpaired) electrons. The summed E-state index contributed by atoms with van der Waals surface area (Å²) in [6.07, 6.45) is 0. The van der Waals surface area contributed by atoms with Crippen LogP contribution >= 0.6 is 0 Å². The molecule has 0 amide bonds. The molecule has 2 aromatic carbocycles. The number of carbonyl (C=O) groups is 1. The number of ether oxygens (including phenoxy) is 3. The van der Waals surface area contributed by atoms with Crippen LogP contribution in [-0.4, -0.2) is 51.1 Å². The molecule has 0 bridgehead atoms. The van der Waals surface area contributed by atoms with Crippen LogP contribution in [0.2, 0.25) is 0 Å². The first kappa shape index (κ1) is 19.8. The Bertz CT molecular complexity index is 818. The van der Waals surface area contributed by atoms with Crippen molar-refractivity contribution >= 4 is 17.3 Å². The van der Waals surface area contributed by atoms with Crippen LogP contribution in [-0.2, 0) is 11.3 Å². The molecule has 1 aliphatic rings. The molecule has 2 aromatic rings. The number of nitrogens with one attached hydrogen (secondary N) is 1. The molecule has 0 spiro atoms. The van der Waals surface area contributed by atoms with Crippen molar-refractivity contribution in [1.82, 2.24) is 0 Å². The average Bonchev–Trinajstić information content (AvgIpc) is 2.73. The van der Waals surface area contributed by atoms with E-state index >= 15 is 0 Å². The summed E-state index contributed by atoms with van der Waals surface area (Å²) < 4.78 is 16.3. The standard InChI is InChI=1S/C21H26N2O5/c1-3-28-20-12-15(4-7-19(20)26-2)14-22-16-5-6-18(17(13-16)21(24)25)23-8-10-27-11-9-23/h4-7,12-13,22H,3,8-11,14H2,1-2H3,(H,24,25). The van der Waals surface area contributed by atoms with Crippen LogP contribution in [0.4, 0.5) is 11.4 Å². The summed E-state index contributed by atoms with van der Waals surface area (Å²) in [7, 11) is 1.61. The molecule has 1 heterocycles. The zero-order valence-electron chi connectivity index (χ0n) is 16.2. The highest BCUT2D eigenvalue weighted by Crippen LogP contribution is 2.29. The van der Waals surface area contributed by atoms with Gasteiger partial charge in [-0.1, -0.05) is 6.07 Å². The molecular formula is C21H26N2O5. The lowest BCUT2D eigenvalue weighted by molar-refractivity contribution is 0.0696. The van der Waals surface area contributed by atoms with Crippen LogP contribution in [0.3, 0.4) is 0 Å². The normalized spacial score (nSPS) is 13.9. The first-order chi connectivity index (χ1) is 13.6. The lowest BCUT2D eigenvalue weighted by Crippen LogP contribution is -2.37. The van der Waals surface area contributed by atoms with Gasteiger partial charge in [-0.3, -0.25) is 0 Å². The third-order valence-corrected chi connectivity index (χ3v) is 4.60. The van der Waals surface area contributed by atoms with Gasteiger partial charge in [0, 0.05) is 25.3 Å². The van der Waals surface area contributed by atoms with Gasteiger partial charge in [0.2, 0.25) is 0 Å². The summed E-state index contributed by atoms with van der Waals surface area (Å²) in [6.45, 7) is 5.63. The number of anilines is 2. The second kappa shape index (κ2) is 9.32. The Morgan fingerprint density at radius 2 is 1.96 bits per heavy atom. The lowest BCUT2D eigenvalue weighted by atomic mass is 10.1. The molecule has 2 N–H and O–H groups in total. The largest absolute Gasteiger partial charge is 0.493 e. The van der Waals surface area contributed by atoms with E-state index in [4.69, 9.17) is 14.2 Å². The van der Waals surface area contributed by atoms with Crippen LogP contribution in [0.1, 0.15) is 22.8 Å². The first-order valence-electron chi connectivity index (χ1n) is 9.36. The Morgan fingerprint density at radius 3 is 2.64 bits per heavy atom. The Hall–Kier alpha value is -2.93. The smallest absolute Gasteiger partial charge is 0.337 e. The SMILES string of the molecule is CCOc1cc(CNc2ccc(N3CCOCC3)c(C(=O)O)c2)ccc1OC. The maximum atomic E-state index is 11.8. The molecule has 150 valence electrons. The van der Waals surface area contributed by atoms with Crippen LogP contribution in [0.15, 0.2) is 36.4 Å². The summed E-state index contributed by atoms with van der Waals surface area (Å²) in [5, 5.41) is 12.9. The zero-order chi connectivity index (χ0) is 19.9. The molecule has 1 saturated heterocycles. The van der Waals surface area contributed by atoms with E-state index in [-0.39, 0.29) is 5.56 Å². The maximum Gasteiger partial charge on any atom is 0.337 e. The first-order valence-corrected chi connectivity index (χ1v) is 9.36. The quantitative estimate of drug-likeness (QED) is 0.721.